The molecule has 1 saturated heterocycles. The zero-order chi connectivity index (χ0) is 87.4. The second kappa shape index (κ2) is 39.6. The van der Waals surface area contributed by atoms with Crippen molar-refractivity contribution in [2.75, 3.05) is 6.54 Å². The van der Waals surface area contributed by atoms with Crippen LogP contribution in [-0.4, -0.2) is 81.0 Å². The van der Waals surface area contributed by atoms with Gasteiger partial charge in [-0.15, -0.1) is 94.0 Å². The second-order valence-corrected chi connectivity index (χ2v) is 37.4. The van der Waals surface area contributed by atoms with E-state index in [1.54, 1.807) is 30.3 Å². The topological polar surface area (TPSA) is 216 Å². The molecule has 13 aromatic carbocycles. The number of hydrogen-bond acceptors (Lipinski definition) is 11. The van der Waals surface area contributed by atoms with Gasteiger partial charge in [-0.25, -0.2) is 9.78 Å². The van der Waals surface area contributed by atoms with E-state index in [-0.39, 0.29) is 104 Å². The number of pyridine rings is 1. The largest absolute Gasteiger partial charge is 0.650 e. The molecule has 3 radical (unpaired) electrons. The number of carboxylic acids is 2. The summed E-state index contributed by atoms with van der Waals surface area (Å²) >= 11 is 0. The quantitative estimate of drug-likeness (QED) is 0.0803. The van der Waals surface area contributed by atoms with Crippen LogP contribution in [0.4, 0.5) is 0 Å². The minimum atomic E-state index is -0.990. The molecule has 0 spiro atoms. The summed E-state index contributed by atoms with van der Waals surface area (Å²) in [7, 11) is 0. The van der Waals surface area contributed by atoms with Gasteiger partial charge in [-0.2, -0.15) is 0 Å². The molecule has 1 aliphatic rings. The Labute approximate surface area is 774 Å². The van der Waals surface area contributed by atoms with Crippen molar-refractivity contribution in [1.82, 2.24) is 34.9 Å². The molecule has 3 N–H and O–H groups in total. The van der Waals surface area contributed by atoms with E-state index in [0.717, 1.165) is 119 Å². The van der Waals surface area contributed by atoms with Gasteiger partial charge >= 0.3 is 5.97 Å². The Bertz CT molecular complexity index is 6200. The minimum Gasteiger partial charge on any atom is -0.650 e. The van der Waals surface area contributed by atoms with Crippen LogP contribution in [-0.2, 0) is 97.6 Å². The molecule has 0 amide bonds. The van der Waals surface area contributed by atoms with Gasteiger partial charge < -0.3 is 35.6 Å². The molecular formula is C108H106Ir3N8O6-4. The number of para-hydroxylation sites is 1. The van der Waals surface area contributed by atoms with E-state index < -0.39 is 18.0 Å². The number of phenolic OH excluding ortho intramolecular Hbond substituents is 1. The number of rotatable bonds is 6. The number of aromatic hydroxyl groups is 1. The van der Waals surface area contributed by atoms with E-state index in [1.165, 1.54) is 84.0 Å². The molecule has 1 atom stereocenters. The van der Waals surface area contributed by atoms with Crippen LogP contribution in [0.1, 0.15) is 192 Å². The van der Waals surface area contributed by atoms with E-state index in [1.807, 2.05) is 73.2 Å². The first-order valence-corrected chi connectivity index (χ1v) is 41.5. The van der Waals surface area contributed by atoms with Gasteiger partial charge in [0, 0.05) is 118 Å². The molecule has 125 heavy (non-hydrogen) atoms. The Balaban J connectivity index is 0.000000169. The van der Waals surface area contributed by atoms with E-state index in [2.05, 4.69) is 281 Å². The maximum Gasteiger partial charge on any atom is 0.354 e. The van der Waals surface area contributed by atoms with Crippen molar-refractivity contribution in [3.63, 3.8) is 0 Å². The van der Waals surface area contributed by atoms with Gasteiger partial charge in [-0.1, -0.05) is 334 Å². The smallest absolute Gasteiger partial charge is 0.354 e. The average Bonchev–Trinajstić information content (AvgIpc) is 1.36. The first-order valence-electron chi connectivity index (χ1n) is 41.5. The first kappa shape index (κ1) is 96.1. The molecule has 1 fully saturated rings. The van der Waals surface area contributed by atoms with E-state index in [4.69, 9.17) is 45.2 Å². The number of benzene rings is 13. The summed E-state index contributed by atoms with van der Waals surface area (Å²) in [6.07, 6.45) is 9.40. The molecule has 1 aliphatic heterocycles. The summed E-state index contributed by atoms with van der Waals surface area (Å²) in [5, 5.41) is 43.2. The fourth-order valence-corrected chi connectivity index (χ4v) is 14.8. The van der Waals surface area contributed by atoms with Crippen LogP contribution >= 0.6 is 0 Å². The number of aliphatic carboxylic acids is 1. The maximum absolute atomic E-state index is 10.1. The zero-order valence-electron chi connectivity index (χ0n) is 74.1. The van der Waals surface area contributed by atoms with Gasteiger partial charge in [0.1, 0.15) is 11.4 Å². The number of aldehydes is 1. The fraction of sp³-hybridized carbons (Fsp3) is 0.259. The third-order valence-corrected chi connectivity index (χ3v) is 22.2. The Kier molecular flexibility index (Phi) is 30.5. The summed E-state index contributed by atoms with van der Waals surface area (Å²) in [4.78, 5) is 63.9. The number of carbonyl (C=O) groups is 3. The molecule has 645 valence electrons. The third-order valence-electron chi connectivity index (χ3n) is 22.2. The Hall–Kier alpha value is -11.1. The minimum absolute atomic E-state index is 0. The van der Waals surface area contributed by atoms with Crippen molar-refractivity contribution in [1.29, 1.82) is 0 Å². The number of aromatic nitrogens is 7. The maximum atomic E-state index is 10.1. The van der Waals surface area contributed by atoms with Crippen LogP contribution in [0.5, 0.6) is 5.75 Å². The Morgan fingerprint density at radius 2 is 0.680 bits per heavy atom. The molecule has 14 nitrogen and oxygen atoms in total. The Morgan fingerprint density at radius 1 is 0.368 bits per heavy atom. The molecule has 0 saturated carbocycles. The average molecular weight is 2190 g/mol. The van der Waals surface area contributed by atoms with Gasteiger partial charge in [0.15, 0.2) is 6.29 Å². The van der Waals surface area contributed by atoms with Crippen LogP contribution in [0, 0.1) is 18.2 Å². The molecule has 0 bridgehead atoms. The van der Waals surface area contributed by atoms with Crippen molar-refractivity contribution < 1.29 is 90.0 Å². The molecule has 4 aromatic heterocycles. The van der Waals surface area contributed by atoms with Gasteiger partial charge in [0.05, 0.1) is 39.2 Å². The molecular weight excluding hydrogens is 2080 g/mol. The molecule has 18 rings (SSSR count). The van der Waals surface area contributed by atoms with E-state index in [9.17, 15) is 14.4 Å². The monoisotopic (exact) mass is 2190 g/mol. The molecule has 17 heteroatoms. The molecule has 1 unspecified atom stereocenters. The standard InChI is InChI=1S/3C30H29N2.C7H6O2.C6H5NO2.C5H8NO2.3Ir/c3*1-29(2,3)20-12-14-22-24(16-20)25-17-21(30(4,5)6)13-15-23(25)28-27(22)31-18-26(32-28)19-10-8-7-9-11-19;8-5-6-3-1-2-4-7(6)9;8-6(9)5-3-1-2-4-7-5;7-5(8)4-2-1-3-6-4;;;/h3*7-13,15-18H,1-6H3;1-5,9H;1-4H,(H,8,9);4H,1-3H2,(H,7,8);;;/q3*-1;;;-1;;;. The first-order chi connectivity index (χ1) is 57.8. The number of nitrogens with zero attached hydrogens (tertiary/aromatic N) is 8. The Morgan fingerprint density at radius 3 is 0.928 bits per heavy atom. The van der Waals surface area contributed by atoms with Crippen molar-refractivity contribution >= 4 is 116 Å². The second-order valence-electron chi connectivity index (χ2n) is 37.4. The van der Waals surface area contributed by atoms with Crippen LogP contribution in [0.3, 0.4) is 0 Å². The van der Waals surface area contributed by atoms with E-state index in [0.29, 0.717) is 11.8 Å². The van der Waals surface area contributed by atoms with E-state index >= 15 is 0 Å². The van der Waals surface area contributed by atoms with Gasteiger partial charge in [0.25, 0.3) is 5.97 Å². The summed E-state index contributed by atoms with van der Waals surface area (Å²) < 4.78 is 0. The normalized spacial score (nSPS) is 12.8. The van der Waals surface area contributed by atoms with Gasteiger partial charge in [-0.3, -0.25) is 24.5 Å². The number of carbonyl (C=O) groups excluding carboxylic acids is 1. The number of aromatic carboxylic acids is 1. The predicted octanol–water partition coefficient (Wildman–Crippen LogP) is 26.6. The predicted molar refractivity (Wildman–Crippen MR) is 502 cm³/mol. The number of hydrogen-bond donors (Lipinski definition) is 3. The SMILES string of the molecule is CC(C)(C)c1c[c-]c2c(c1)c1cc(C(C)(C)C)ccc1c1nc(-c3ccccc3)cnc21.CC(C)(C)c1c[c-]c2c(c1)c1cc(C(C)(C)C)ccc1c1nc(-c3ccccc3)cnc21.CC(C)(C)c1c[c-]c2c(c1)c1cc(C(C)(C)C)ccc1c1nc(-c3ccccc3)cnc21.O=C(O)C1CCC[N-]1.O=C(O)c1ccccn1.O=Cc1ccccc1O.[Ir].[Ir].[Ir]. The molecule has 17 aromatic rings. The van der Waals surface area contributed by atoms with Crippen LogP contribution in [0.2, 0.25) is 0 Å². The summed E-state index contributed by atoms with van der Waals surface area (Å²) in [5.41, 5.74) is 20.0. The number of fused-ring (bicyclic) bond motifs is 18. The van der Waals surface area contributed by atoms with Crippen LogP contribution in [0.15, 0.2) is 249 Å². The number of carboxylic acid groups (broad SMARTS) is 2. The fourth-order valence-electron chi connectivity index (χ4n) is 14.8. The summed E-state index contributed by atoms with van der Waals surface area (Å²) in [6.45, 7) is 41.3. The zero-order valence-corrected chi connectivity index (χ0v) is 81.3. The molecule has 0 aliphatic carbocycles. The van der Waals surface area contributed by atoms with Crippen molar-refractivity contribution in [3.05, 3.63) is 317 Å². The molecule has 5 heterocycles. The van der Waals surface area contributed by atoms with Crippen LogP contribution in [0.25, 0.3) is 137 Å². The summed E-state index contributed by atoms with van der Waals surface area (Å²) in [5.74, 6) is -1.73. The van der Waals surface area contributed by atoms with Crippen molar-refractivity contribution in [3.8, 4) is 39.5 Å². The van der Waals surface area contributed by atoms with Gasteiger partial charge in [-0.05, 0) is 95.6 Å². The van der Waals surface area contributed by atoms with Gasteiger partial charge in [0.2, 0.25) is 0 Å². The van der Waals surface area contributed by atoms with Crippen molar-refractivity contribution in [2.24, 2.45) is 0 Å². The van der Waals surface area contributed by atoms with Crippen LogP contribution < -0.4 is 0 Å². The summed E-state index contributed by atoms with van der Waals surface area (Å²) in [6, 6.07) is 86.0. The van der Waals surface area contributed by atoms with Crippen molar-refractivity contribution in [2.45, 2.75) is 176 Å². The third kappa shape index (κ3) is 22.2. The number of phenols is 1.